The predicted octanol–water partition coefficient (Wildman–Crippen LogP) is 0.686. The van der Waals surface area contributed by atoms with Gasteiger partial charge in [-0.3, -0.25) is 4.79 Å². The molecule has 1 aromatic rings. The van der Waals surface area contributed by atoms with Gasteiger partial charge in [0.2, 0.25) is 0 Å². The van der Waals surface area contributed by atoms with Crippen molar-refractivity contribution in [1.82, 2.24) is 9.97 Å². The number of nitrogens with zero attached hydrogens (tertiary/aromatic N) is 1. The molecule has 5 nitrogen and oxygen atoms in total. The molecule has 1 heterocycles. The fourth-order valence-corrected chi connectivity index (χ4v) is 1.09. The number of anilines is 1. The molecule has 0 saturated heterocycles. The number of aliphatic hydroxyl groups excluding tert-OH is 1. The first-order valence-electron chi connectivity index (χ1n) is 5.02. The van der Waals surface area contributed by atoms with Gasteiger partial charge in [-0.1, -0.05) is 13.8 Å². The van der Waals surface area contributed by atoms with E-state index in [4.69, 9.17) is 5.11 Å². The Labute approximate surface area is 88.6 Å². The Hall–Kier alpha value is -1.36. The maximum absolute atomic E-state index is 11.3. The second-order valence-corrected chi connectivity index (χ2v) is 3.90. The van der Waals surface area contributed by atoms with E-state index in [-0.39, 0.29) is 11.5 Å². The zero-order valence-electron chi connectivity index (χ0n) is 9.24. The van der Waals surface area contributed by atoms with Gasteiger partial charge < -0.3 is 15.4 Å². The van der Waals surface area contributed by atoms with Crippen molar-refractivity contribution in [2.45, 2.75) is 32.8 Å². The van der Waals surface area contributed by atoms with Crippen molar-refractivity contribution in [2.24, 2.45) is 0 Å². The molecule has 0 aliphatic rings. The highest BCUT2D eigenvalue weighted by atomic mass is 16.3. The van der Waals surface area contributed by atoms with Crippen molar-refractivity contribution in [3.8, 4) is 0 Å². The lowest BCUT2D eigenvalue weighted by Gasteiger charge is -2.09. The monoisotopic (exact) mass is 211 g/mol. The molecule has 0 aromatic carbocycles. The third kappa shape index (κ3) is 3.71. The topological polar surface area (TPSA) is 78.0 Å². The van der Waals surface area contributed by atoms with E-state index in [0.717, 1.165) is 0 Å². The number of aromatic amines is 1. The molecule has 1 unspecified atom stereocenters. The summed E-state index contributed by atoms with van der Waals surface area (Å²) in [4.78, 5) is 18.2. The van der Waals surface area contributed by atoms with Gasteiger partial charge in [0, 0.05) is 18.5 Å². The SMILES string of the molecule is CC(O)CNc1cc(=O)[nH]c(C(C)C)n1. The van der Waals surface area contributed by atoms with Crippen molar-refractivity contribution in [3.05, 3.63) is 22.2 Å². The lowest BCUT2D eigenvalue weighted by atomic mass is 10.2. The lowest BCUT2D eigenvalue weighted by Crippen LogP contribution is -2.19. The zero-order valence-corrected chi connectivity index (χ0v) is 9.24. The summed E-state index contributed by atoms with van der Waals surface area (Å²) in [5.74, 6) is 1.32. The highest BCUT2D eigenvalue weighted by molar-refractivity contribution is 5.33. The lowest BCUT2D eigenvalue weighted by molar-refractivity contribution is 0.208. The Kier molecular flexibility index (Phi) is 3.85. The zero-order chi connectivity index (χ0) is 11.4. The molecule has 84 valence electrons. The molecule has 0 amide bonds. The summed E-state index contributed by atoms with van der Waals surface area (Å²) >= 11 is 0. The van der Waals surface area contributed by atoms with Gasteiger partial charge in [0.05, 0.1) is 6.10 Å². The first kappa shape index (κ1) is 11.7. The van der Waals surface area contributed by atoms with Gasteiger partial charge in [0.15, 0.2) is 0 Å². The molecule has 0 aliphatic heterocycles. The number of hydrogen-bond acceptors (Lipinski definition) is 4. The van der Waals surface area contributed by atoms with Crippen LogP contribution in [0.5, 0.6) is 0 Å². The Morgan fingerprint density at radius 3 is 2.73 bits per heavy atom. The summed E-state index contributed by atoms with van der Waals surface area (Å²) in [5.41, 5.74) is -0.179. The molecule has 0 saturated carbocycles. The van der Waals surface area contributed by atoms with Crippen LogP contribution in [-0.2, 0) is 0 Å². The molecule has 0 bridgehead atoms. The van der Waals surface area contributed by atoms with Crippen LogP contribution in [0, 0.1) is 0 Å². The van der Waals surface area contributed by atoms with Gasteiger partial charge in [0.25, 0.3) is 5.56 Å². The summed E-state index contributed by atoms with van der Waals surface area (Å²) in [7, 11) is 0. The second-order valence-electron chi connectivity index (χ2n) is 3.90. The maximum atomic E-state index is 11.3. The largest absolute Gasteiger partial charge is 0.392 e. The van der Waals surface area contributed by atoms with Gasteiger partial charge in [-0.15, -0.1) is 0 Å². The van der Waals surface area contributed by atoms with Crippen LogP contribution in [0.25, 0.3) is 0 Å². The minimum Gasteiger partial charge on any atom is -0.392 e. The standard InChI is InChI=1S/C10H17N3O2/c1-6(2)10-12-8(4-9(15)13-10)11-5-7(3)14/h4,6-7,14H,5H2,1-3H3,(H2,11,12,13,15). The Morgan fingerprint density at radius 1 is 1.53 bits per heavy atom. The van der Waals surface area contributed by atoms with Crippen LogP contribution < -0.4 is 10.9 Å². The molecule has 1 rings (SSSR count). The van der Waals surface area contributed by atoms with E-state index in [0.29, 0.717) is 18.2 Å². The molecular weight excluding hydrogens is 194 g/mol. The molecule has 0 radical (unpaired) electrons. The molecule has 1 atom stereocenters. The van der Waals surface area contributed by atoms with Crippen LogP contribution in [0.15, 0.2) is 10.9 Å². The van der Waals surface area contributed by atoms with E-state index in [1.807, 2.05) is 13.8 Å². The molecule has 5 heteroatoms. The van der Waals surface area contributed by atoms with Gasteiger partial charge in [-0.2, -0.15) is 0 Å². The van der Waals surface area contributed by atoms with E-state index in [1.165, 1.54) is 6.07 Å². The molecule has 0 aliphatic carbocycles. The number of rotatable bonds is 4. The fraction of sp³-hybridized carbons (Fsp3) is 0.600. The average Bonchev–Trinajstić information content (AvgIpc) is 2.13. The molecule has 3 N–H and O–H groups in total. The van der Waals surface area contributed by atoms with E-state index < -0.39 is 6.10 Å². The summed E-state index contributed by atoms with van der Waals surface area (Å²) < 4.78 is 0. The number of nitrogens with one attached hydrogen (secondary N) is 2. The van der Waals surface area contributed by atoms with Crippen LogP contribution in [0.1, 0.15) is 32.5 Å². The van der Waals surface area contributed by atoms with Gasteiger partial charge >= 0.3 is 0 Å². The van der Waals surface area contributed by atoms with E-state index in [2.05, 4.69) is 15.3 Å². The van der Waals surface area contributed by atoms with Crippen molar-refractivity contribution in [1.29, 1.82) is 0 Å². The fourth-order valence-electron chi connectivity index (χ4n) is 1.09. The van der Waals surface area contributed by atoms with Crippen molar-refractivity contribution in [3.63, 3.8) is 0 Å². The minimum atomic E-state index is -0.464. The summed E-state index contributed by atoms with van der Waals surface area (Å²) in [6.45, 7) is 5.96. The Balaban J connectivity index is 2.84. The van der Waals surface area contributed by atoms with Crippen molar-refractivity contribution < 1.29 is 5.11 Å². The summed E-state index contributed by atoms with van der Waals surface area (Å²) in [6.07, 6.45) is -0.464. The minimum absolute atomic E-state index is 0.172. The molecular formula is C10H17N3O2. The first-order valence-corrected chi connectivity index (χ1v) is 5.02. The third-order valence-electron chi connectivity index (χ3n) is 1.89. The summed E-state index contributed by atoms with van der Waals surface area (Å²) in [5, 5.41) is 12.0. The normalized spacial score (nSPS) is 12.9. The molecule has 0 spiro atoms. The van der Waals surface area contributed by atoms with Gasteiger partial charge in [-0.25, -0.2) is 4.98 Å². The maximum Gasteiger partial charge on any atom is 0.252 e. The Morgan fingerprint density at radius 2 is 2.20 bits per heavy atom. The molecule has 15 heavy (non-hydrogen) atoms. The quantitative estimate of drug-likeness (QED) is 0.684. The smallest absolute Gasteiger partial charge is 0.252 e. The summed E-state index contributed by atoms with van der Waals surface area (Å²) in [6, 6.07) is 1.38. The average molecular weight is 211 g/mol. The second kappa shape index (κ2) is 4.93. The number of aromatic nitrogens is 2. The van der Waals surface area contributed by atoms with Gasteiger partial charge in [0.1, 0.15) is 11.6 Å². The highest BCUT2D eigenvalue weighted by Gasteiger charge is 2.05. The number of aliphatic hydroxyl groups is 1. The third-order valence-corrected chi connectivity index (χ3v) is 1.89. The van der Waals surface area contributed by atoms with Crippen LogP contribution in [0.4, 0.5) is 5.82 Å². The van der Waals surface area contributed by atoms with Crippen LogP contribution in [-0.4, -0.2) is 27.7 Å². The van der Waals surface area contributed by atoms with Crippen LogP contribution in [0.2, 0.25) is 0 Å². The van der Waals surface area contributed by atoms with Crippen LogP contribution >= 0.6 is 0 Å². The number of H-pyrrole nitrogens is 1. The van der Waals surface area contributed by atoms with Crippen LogP contribution in [0.3, 0.4) is 0 Å². The van der Waals surface area contributed by atoms with E-state index >= 15 is 0 Å². The highest BCUT2D eigenvalue weighted by Crippen LogP contribution is 2.08. The van der Waals surface area contributed by atoms with E-state index in [9.17, 15) is 4.79 Å². The Bertz CT molecular complexity index is 371. The van der Waals surface area contributed by atoms with E-state index in [1.54, 1.807) is 6.92 Å². The van der Waals surface area contributed by atoms with Gasteiger partial charge in [-0.05, 0) is 6.92 Å². The predicted molar refractivity (Wildman–Crippen MR) is 59.1 cm³/mol. The number of hydrogen-bond donors (Lipinski definition) is 3. The van der Waals surface area contributed by atoms with Crippen molar-refractivity contribution in [2.75, 3.05) is 11.9 Å². The molecule has 0 fully saturated rings. The first-order chi connectivity index (χ1) is 6.99. The van der Waals surface area contributed by atoms with Crippen molar-refractivity contribution >= 4 is 5.82 Å². The molecule has 1 aromatic heterocycles.